The highest BCUT2D eigenvalue weighted by atomic mass is 16.1. The Bertz CT molecular complexity index is 619. The number of nitrogens with zero attached hydrogens (tertiary/aromatic N) is 3. The SMILES string of the molecule is O=c1nncc2c3c(cccc13)N=C2. The van der Waals surface area contributed by atoms with Gasteiger partial charge in [0.05, 0.1) is 17.3 Å². The first kappa shape index (κ1) is 7.32. The highest BCUT2D eigenvalue weighted by Gasteiger charge is 2.10. The summed E-state index contributed by atoms with van der Waals surface area (Å²) in [4.78, 5) is 15.7. The van der Waals surface area contributed by atoms with Gasteiger partial charge in [0, 0.05) is 17.2 Å². The van der Waals surface area contributed by atoms with Gasteiger partial charge in [-0.15, -0.1) is 5.10 Å². The zero-order chi connectivity index (χ0) is 9.54. The Labute approximate surface area is 78.9 Å². The van der Waals surface area contributed by atoms with Crippen LogP contribution >= 0.6 is 0 Å². The van der Waals surface area contributed by atoms with Crippen molar-refractivity contribution in [2.75, 3.05) is 0 Å². The Morgan fingerprint density at radius 2 is 2.14 bits per heavy atom. The molecule has 1 aromatic carbocycles. The maximum absolute atomic E-state index is 11.5. The van der Waals surface area contributed by atoms with Crippen LogP contribution in [0.3, 0.4) is 0 Å². The third-order valence-electron chi connectivity index (χ3n) is 2.25. The topological polar surface area (TPSA) is 55.2 Å². The van der Waals surface area contributed by atoms with Gasteiger partial charge in [0.2, 0.25) is 0 Å². The summed E-state index contributed by atoms with van der Waals surface area (Å²) in [5, 5.41) is 8.64. The van der Waals surface area contributed by atoms with E-state index >= 15 is 0 Å². The molecule has 0 radical (unpaired) electrons. The molecule has 0 saturated heterocycles. The number of aliphatic imine (C=N–C) groups is 1. The molecule has 0 atom stereocenters. The first-order valence-electron chi connectivity index (χ1n) is 4.19. The Kier molecular flexibility index (Phi) is 1.28. The van der Waals surface area contributed by atoms with Gasteiger partial charge in [-0.1, -0.05) is 6.07 Å². The smallest absolute Gasteiger partial charge is 0.265 e. The molecule has 0 N–H and O–H groups in total. The van der Waals surface area contributed by atoms with Gasteiger partial charge in [-0.3, -0.25) is 9.79 Å². The first-order chi connectivity index (χ1) is 6.86. The molecule has 14 heavy (non-hydrogen) atoms. The van der Waals surface area contributed by atoms with E-state index < -0.39 is 0 Å². The quantitative estimate of drug-likeness (QED) is 0.523. The molecule has 66 valence electrons. The van der Waals surface area contributed by atoms with Crippen molar-refractivity contribution >= 4 is 22.7 Å². The lowest BCUT2D eigenvalue weighted by Crippen LogP contribution is -2.02. The van der Waals surface area contributed by atoms with E-state index in [0.717, 1.165) is 16.6 Å². The second-order valence-corrected chi connectivity index (χ2v) is 3.06. The van der Waals surface area contributed by atoms with Gasteiger partial charge in [0.25, 0.3) is 5.56 Å². The van der Waals surface area contributed by atoms with Crippen LogP contribution in [0, 0.1) is 0 Å². The van der Waals surface area contributed by atoms with E-state index in [2.05, 4.69) is 15.2 Å². The number of benzene rings is 1. The molecule has 0 saturated carbocycles. The zero-order valence-electron chi connectivity index (χ0n) is 7.14. The molecule has 0 unspecified atom stereocenters. The molecule has 1 aromatic heterocycles. The minimum Gasteiger partial charge on any atom is -0.265 e. The maximum atomic E-state index is 11.5. The number of hydrogen-bond donors (Lipinski definition) is 0. The third-order valence-corrected chi connectivity index (χ3v) is 2.25. The molecule has 2 heterocycles. The standard InChI is InChI=1S/C10H5N3O/c14-10-7-2-1-3-8-9(7)6(4-11-8)5-12-13-10/h1-5H. The largest absolute Gasteiger partial charge is 0.296 e. The molecule has 0 fully saturated rings. The van der Waals surface area contributed by atoms with Crippen molar-refractivity contribution in [3.05, 3.63) is 40.3 Å². The van der Waals surface area contributed by atoms with Crippen LogP contribution in [-0.4, -0.2) is 16.4 Å². The minimum absolute atomic E-state index is 0.307. The summed E-state index contributed by atoms with van der Waals surface area (Å²) < 4.78 is 0. The average Bonchev–Trinajstić information content (AvgIpc) is 2.53. The summed E-state index contributed by atoms with van der Waals surface area (Å²) in [6, 6.07) is 5.41. The summed E-state index contributed by atoms with van der Waals surface area (Å²) in [7, 11) is 0. The summed E-state index contributed by atoms with van der Waals surface area (Å²) in [6.07, 6.45) is 3.26. The summed E-state index contributed by atoms with van der Waals surface area (Å²) in [6.45, 7) is 0. The fraction of sp³-hybridized carbons (Fsp3) is 0. The van der Waals surface area contributed by atoms with Crippen LogP contribution < -0.4 is 5.56 Å². The highest BCUT2D eigenvalue weighted by molar-refractivity contribution is 6.09. The average molecular weight is 183 g/mol. The Morgan fingerprint density at radius 3 is 3.07 bits per heavy atom. The lowest BCUT2D eigenvalue weighted by molar-refractivity contribution is 1.02. The Balaban J connectivity index is 2.72. The van der Waals surface area contributed by atoms with Crippen LogP contribution in [-0.2, 0) is 0 Å². The monoisotopic (exact) mass is 183 g/mol. The number of rotatable bonds is 0. The van der Waals surface area contributed by atoms with Crippen LogP contribution in [0.4, 0.5) is 5.69 Å². The summed E-state index contributed by atoms with van der Waals surface area (Å²) in [5.41, 5.74) is 1.36. The minimum atomic E-state index is -0.307. The first-order valence-corrected chi connectivity index (χ1v) is 4.19. The van der Waals surface area contributed by atoms with Crippen molar-refractivity contribution in [3.63, 3.8) is 0 Å². The molecule has 0 spiro atoms. The molecule has 3 rings (SSSR count). The molecule has 4 heteroatoms. The Morgan fingerprint density at radius 1 is 1.21 bits per heavy atom. The van der Waals surface area contributed by atoms with Crippen LogP contribution in [0.15, 0.2) is 34.2 Å². The van der Waals surface area contributed by atoms with E-state index in [4.69, 9.17) is 0 Å². The molecule has 2 aromatic rings. The number of hydrogen-bond acceptors (Lipinski definition) is 4. The van der Waals surface area contributed by atoms with Crippen LogP contribution in [0.2, 0.25) is 0 Å². The fourth-order valence-corrected chi connectivity index (χ4v) is 1.63. The fourth-order valence-electron chi connectivity index (χ4n) is 1.63. The van der Waals surface area contributed by atoms with Gasteiger partial charge >= 0.3 is 0 Å². The second kappa shape index (κ2) is 2.45. The highest BCUT2D eigenvalue weighted by Crippen LogP contribution is 2.29. The van der Waals surface area contributed by atoms with Crippen LogP contribution in [0.5, 0.6) is 0 Å². The molecule has 0 amide bonds. The van der Waals surface area contributed by atoms with Crippen LogP contribution in [0.25, 0.3) is 10.8 Å². The molecule has 0 aliphatic carbocycles. The third kappa shape index (κ3) is 0.821. The van der Waals surface area contributed by atoms with Crippen molar-refractivity contribution in [1.82, 2.24) is 10.2 Å². The van der Waals surface area contributed by atoms with E-state index in [1.165, 1.54) is 0 Å². The predicted octanol–water partition coefficient (Wildman–Crippen LogP) is 1.05. The van der Waals surface area contributed by atoms with E-state index in [1.807, 2.05) is 6.07 Å². The molecule has 1 aliphatic heterocycles. The van der Waals surface area contributed by atoms with Crippen molar-refractivity contribution in [2.45, 2.75) is 0 Å². The summed E-state index contributed by atoms with van der Waals surface area (Å²) >= 11 is 0. The van der Waals surface area contributed by atoms with Crippen molar-refractivity contribution in [2.24, 2.45) is 4.99 Å². The van der Waals surface area contributed by atoms with Gasteiger partial charge < -0.3 is 0 Å². The van der Waals surface area contributed by atoms with Crippen molar-refractivity contribution < 1.29 is 0 Å². The lowest BCUT2D eigenvalue weighted by Gasteiger charge is -1.92. The maximum Gasteiger partial charge on any atom is 0.296 e. The van der Waals surface area contributed by atoms with E-state index in [9.17, 15) is 4.79 Å². The zero-order valence-corrected chi connectivity index (χ0v) is 7.14. The number of aromatic nitrogens is 2. The van der Waals surface area contributed by atoms with Gasteiger partial charge in [-0.2, -0.15) is 5.10 Å². The van der Waals surface area contributed by atoms with Gasteiger partial charge in [-0.05, 0) is 12.1 Å². The molecule has 4 nitrogen and oxygen atoms in total. The summed E-state index contributed by atoms with van der Waals surface area (Å²) in [5.74, 6) is 0. The van der Waals surface area contributed by atoms with E-state index in [1.54, 1.807) is 24.5 Å². The lowest BCUT2D eigenvalue weighted by atomic mass is 10.1. The van der Waals surface area contributed by atoms with E-state index in [0.29, 0.717) is 5.39 Å². The van der Waals surface area contributed by atoms with E-state index in [-0.39, 0.29) is 5.56 Å². The van der Waals surface area contributed by atoms with Crippen molar-refractivity contribution in [1.29, 1.82) is 0 Å². The molecular weight excluding hydrogens is 178 g/mol. The molecule has 1 aliphatic rings. The van der Waals surface area contributed by atoms with Gasteiger partial charge in [0.1, 0.15) is 0 Å². The van der Waals surface area contributed by atoms with Gasteiger partial charge in [0.15, 0.2) is 0 Å². The van der Waals surface area contributed by atoms with Crippen molar-refractivity contribution in [3.8, 4) is 0 Å². The van der Waals surface area contributed by atoms with Gasteiger partial charge in [-0.25, -0.2) is 0 Å². The molecular formula is C10H5N3O. The molecule has 0 bridgehead atoms. The second-order valence-electron chi connectivity index (χ2n) is 3.06. The normalized spacial score (nSPS) is 12.3. The predicted molar refractivity (Wildman–Crippen MR) is 53.1 cm³/mol. The Hall–Kier alpha value is -2.10. The van der Waals surface area contributed by atoms with Crippen LogP contribution in [0.1, 0.15) is 5.56 Å².